The quantitative estimate of drug-likeness (QED) is 0.428. The lowest BCUT2D eigenvalue weighted by atomic mass is 9.96. The fourth-order valence-electron chi connectivity index (χ4n) is 5.91. The number of aromatic nitrogens is 4. The Morgan fingerprint density at radius 2 is 1.93 bits per heavy atom. The van der Waals surface area contributed by atoms with Crippen LogP contribution in [0.15, 0.2) is 36.8 Å². The van der Waals surface area contributed by atoms with Crippen LogP contribution in [-0.4, -0.2) is 86.6 Å². The summed E-state index contributed by atoms with van der Waals surface area (Å²) in [6.07, 6.45) is 9.63. The zero-order valence-electron chi connectivity index (χ0n) is 24.2. The first kappa shape index (κ1) is 27.4. The molecule has 3 aliphatic heterocycles. The Morgan fingerprint density at radius 1 is 1.10 bits per heavy atom. The molecule has 0 saturated carbocycles. The Balaban J connectivity index is 1.20. The van der Waals surface area contributed by atoms with E-state index in [2.05, 4.69) is 4.98 Å². The Labute approximate surface area is 240 Å². The van der Waals surface area contributed by atoms with Crippen molar-refractivity contribution in [1.82, 2.24) is 29.5 Å². The number of ether oxygens (including phenoxy) is 2. The fourth-order valence-corrected chi connectivity index (χ4v) is 5.91. The molecule has 11 nitrogen and oxygen atoms in total. The molecule has 3 aromatic rings. The Kier molecular flexibility index (Phi) is 7.54. The molecule has 3 fully saturated rings. The highest BCUT2D eigenvalue weighted by atomic mass is 16.6. The zero-order valence-corrected chi connectivity index (χ0v) is 24.2. The van der Waals surface area contributed by atoms with Gasteiger partial charge in [-0.1, -0.05) is 0 Å². The lowest BCUT2D eigenvalue weighted by Crippen LogP contribution is -2.44. The first-order valence-electron chi connectivity index (χ1n) is 14.7. The molecule has 6 heterocycles. The topological polar surface area (TPSA) is 106 Å². The predicted molar refractivity (Wildman–Crippen MR) is 154 cm³/mol. The third-order valence-corrected chi connectivity index (χ3v) is 8.05. The van der Waals surface area contributed by atoms with Crippen LogP contribution in [0.2, 0.25) is 0 Å². The van der Waals surface area contributed by atoms with E-state index in [4.69, 9.17) is 19.6 Å². The molecule has 218 valence electrons. The number of piperidine rings is 1. The number of pyridine rings is 2. The molecule has 0 spiro atoms. The summed E-state index contributed by atoms with van der Waals surface area (Å²) in [6.45, 7) is 9.51. The predicted octanol–water partition coefficient (Wildman–Crippen LogP) is 5.08. The van der Waals surface area contributed by atoms with Gasteiger partial charge in [-0.15, -0.1) is 0 Å². The van der Waals surface area contributed by atoms with E-state index in [1.54, 1.807) is 22.2 Å². The van der Waals surface area contributed by atoms with Gasteiger partial charge in [0.15, 0.2) is 12.0 Å². The summed E-state index contributed by atoms with van der Waals surface area (Å²) < 4.78 is 13.5. The van der Waals surface area contributed by atoms with E-state index in [9.17, 15) is 9.59 Å². The molecule has 0 aromatic carbocycles. The molecule has 1 unspecified atom stereocenters. The van der Waals surface area contributed by atoms with E-state index in [-0.39, 0.29) is 18.4 Å². The standard InChI is InChI=1S/C30H39N7O4/c1-30(2,3)41-29(39)34-12-9-21(10-13-34)20-35-14-15-36(28(35)38)27-23-17-24(22-7-6-11-31-18-22)32-19-25(23)37(33-27)26-8-4-5-16-40-26/h6-7,11,17-19,21,26H,4-5,8-10,12-16,20H2,1-3H3. The average Bonchev–Trinajstić information content (AvgIpc) is 3.53. The number of carbonyl (C=O) groups excluding carboxylic acids is 2. The van der Waals surface area contributed by atoms with Crippen molar-refractivity contribution in [3.05, 3.63) is 36.8 Å². The van der Waals surface area contributed by atoms with E-state index in [0.29, 0.717) is 51.1 Å². The van der Waals surface area contributed by atoms with Gasteiger partial charge in [0.2, 0.25) is 0 Å². The molecule has 6 rings (SSSR count). The maximum absolute atomic E-state index is 13.8. The highest BCUT2D eigenvalue weighted by Gasteiger charge is 2.36. The van der Waals surface area contributed by atoms with Crippen LogP contribution in [-0.2, 0) is 9.47 Å². The molecule has 41 heavy (non-hydrogen) atoms. The number of urea groups is 1. The van der Waals surface area contributed by atoms with Gasteiger partial charge < -0.3 is 19.3 Å². The second-order valence-corrected chi connectivity index (χ2v) is 12.2. The van der Waals surface area contributed by atoms with Crippen LogP contribution in [0.3, 0.4) is 0 Å². The summed E-state index contributed by atoms with van der Waals surface area (Å²) in [5.74, 6) is 0.984. The third-order valence-electron chi connectivity index (χ3n) is 8.05. The molecule has 1 atom stereocenters. The van der Waals surface area contributed by atoms with Crippen LogP contribution < -0.4 is 4.90 Å². The van der Waals surface area contributed by atoms with Crippen LogP contribution in [0.1, 0.15) is 59.1 Å². The molecular formula is C30H39N7O4. The normalized spacial score (nSPS) is 20.7. The molecule has 3 aromatic heterocycles. The SMILES string of the molecule is CC(C)(C)OC(=O)N1CCC(CN2CCN(c3nn(C4CCCCO4)c4cnc(-c5cccnc5)cc34)C2=O)CC1. The van der Waals surface area contributed by atoms with Crippen molar-refractivity contribution in [3.8, 4) is 11.3 Å². The van der Waals surface area contributed by atoms with Gasteiger partial charge in [-0.25, -0.2) is 14.3 Å². The molecule has 3 saturated heterocycles. The van der Waals surface area contributed by atoms with Gasteiger partial charge >= 0.3 is 12.1 Å². The summed E-state index contributed by atoms with van der Waals surface area (Å²) in [4.78, 5) is 40.7. The van der Waals surface area contributed by atoms with Crippen LogP contribution in [0.5, 0.6) is 0 Å². The number of rotatable bonds is 5. The number of hydrogen-bond acceptors (Lipinski definition) is 7. The highest BCUT2D eigenvalue weighted by molar-refractivity contribution is 6.02. The van der Waals surface area contributed by atoms with E-state index in [0.717, 1.165) is 54.3 Å². The van der Waals surface area contributed by atoms with Gasteiger partial charge in [0.1, 0.15) is 5.60 Å². The van der Waals surface area contributed by atoms with Crippen LogP contribution in [0.25, 0.3) is 22.2 Å². The highest BCUT2D eigenvalue weighted by Crippen LogP contribution is 2.35. The molecule has 3 aliphatic rings. The van der Waals surface area contributed by atoms with E-state index in [1.807, 2.05) is 54.7 Å². The number of fused-ring (bicyclic) bond motifs is 1. The third kappa shape index (κ3) is 5.86. The minimum absolute atomic E-state index is 0.0320. The van der Waals surface area contributed by atoms with Gasteiger partial charge in [0.25, 0.3) is 0 Å². The summed E-state index contributed by atoms with van der Waals surface area (Å²) in [6, 6.07) is 5.85. The molecule has 11 heteroatoms. The first-order valence-corrected chi connectivity index (χ1v) is 14.7. The lowest BCUT2D eigenvalue weighted by Gasteiger charge is -2.34. The summed E-state index contributed by atoms with van der Waals surface area (Å²) in [7, 11) is 0. The minimum Gasteiger partial charge on any atom is -0.444 e. The number of hydrogen-bond donors (Lipinski definition) is 0. The van der Waals surface area contributed by atoms with Crippen LogP contribution in [0, 0.1) is 5.92 Å². The number of anilines is 1. The second kappa shape index (κ2) is 11.3. The molecule has 0 N–H and O–H groups in total. The zero-order chi connectivity index (χ0) is 28.6. The second-order valence-electron chi connectivity index (χ2n) is 12.2. The Bertz CT molecular complexity index is 1390. The molecule has 3 amide bonds. The molecule has 0 bridgehead atoms. The summed E-state index contributed by atoms with van der Waals surface area (Å²) in [5.41, 5.74) is 2.06. The van der Waals surface area contributed by atoms with E-state index in [1.165, 1.54) is 0 Å². The van der Waals surface area contributed by atoms with Crippen LogP contribution >= 0.6 is 0 Å². The molecule has 0 aliphatic carbocycles. The maximum Gasteiger partial charge on any atom is 0.410 e. The fraction of sp³-hybridized carbons (Fsp3) is 0.567. The van der Waals surface area contributed by atoms with Gasteiger partial charge in [-0.3, -0.25) is 14.9 Å². The number of amides is 3. The van der Waals surface area contributed by atoms with E-state index < -0.39 is 5.60 Å². The van der Waals surface area contributed by atoms with Gasteiger partial charge in [0.05, 0.1) is 17.4 Å². The maximum atomic E-state index is 13.8. The first-order chi connectivity index (χ1) is 19.8. The smallest absolute Gasteiger partial charge is 0.410 e. The van der Waals surface area contributed by atoms with Crippen molar-refractivity contribution in [1.29, 1.82) is 0 Å². The van der Waals surface area contributed by atoms with Crippen LogP contribution in [0.4, 0.5) is 15.4 Å². The van der Waals surface area contributed by atoms with Gasteiger partial charge in [0, 0.05) is 62.7 Å². The van der Waals surface area contributed by atoms with Gasteiger partial charge in [-0.05, 0) is 77.0 Å². The van der Waals surface area contributed by atoms with Crippen molar-refractivity contribution >= 4 is 28.8 Å². The lowest BCUT2D eigenvalue weighted by molar-refractivity contribution is -0.0365. The van der Waals surface area contributed by atoms with Crippen molar-refractivity contribution in [2.24, 2.45) is 5.92 Å². The number of likely N-dealkylation sites (tertiary alicyclic amines) is 1. The summed E-state index contributed by atoms with van der Waals surface area (Å²) in [5, 5.41) is 5.86. The molecule has 0 radical (unpaired) electrons. The van der Waals surface area contributed by atoms with Crippen molar-refractivity contribution in [3.63, 3.8) is 0 Å². The number of carbonyl (C=O) groups is 2. The Morgan fingerprint density at radius 3 is 2.63 bits per heavy atom. The van der Waals surface area contributed by atoms with Gasteiger partial charge in [-0.2, -0.15) is 5.10 Å². The average molecular weight is 562 g/mol. The van der Waals surface area contributed by atoms with Crippen molar-refractivity contribution in [2.45, 2.75) is 64.7 Å². The molecular weight excluding hydrogens is 522 g/mol. The largest absolute Gasteiger partial charge is 0.444 e. The Hall–Kier alpha value is -3.73. The van der Waals surface area contributed by atoms with E-state index >= 15 is 0 Å². The van der Waals surface area contributed by atoms with Crippen molar-refractivity contribution < 1.29 is 19.1 Å². The number of nitrogens with zero attached hydrogens (tertiary/aromatic N) is 7. The minimum atomic E-state index is -0.506. The van der Waals surface area contributed by atoms with Crippen molar-refractivity contribution in [2.75, 3.05) is 44.2 Å². The monoisotopic (exact) mass is 561 g/mol. The summed E-state index contributed by atoms with van der Waals surface area (Å²) >= 11 is 0.